The summed E-state index contributed by atoms with van der Waals surface area (Å²) in [6.45, 7) is 2.21. The summed E-state index contributed by atoms with van der Waals surface area (Å²) in [5.41, 5.74) is 1.88. The summed E-state index contributed by atoms with van der Waals surface area (Å²) >= 11 is 6.06. The second-order valence-corrected chi connectivity index (χ2v) is 4.06. The van der Waals surface area contributed by atoms with E-state index in [0.717, 1.165) is 29.0 Å². The van der Waals surface area contributed by atoms with Gasteiger partial charge in [0, 0.05) is 10.6 Å². The first-order valence-electron chi connectivity index (χ1n) is 5.24. The molecule has 0 aliphatic carbocycles. The van der Waals surface area contributed by atoms with Crippen molar-refractivity contribution in [3.05, 3.63) is 34.3 Å². The van der Waals surface area contributed by atoms with Crippen LogP contribution in [0.5, 0.6) is 0 Å². The highest BCUT2D eigenvalue weighted by atomic mass is 35.5. The molecule has 0 unspecified atom stereocenters. The third kappa shape index (κ3) is 2.25. The van der Waals surface area contributed by atoms with Crippen LogP contribution in [0.3, 0.4) is 0 Å². The van der Waals surface area contributed by atoms with Crippen molar-refractivity contribution in [3.63, 3.8) is 0 Å². The Morgan fingerprint density at radius 3 is 2.94 bits per heavy atom. The van der Waals surface area contributed by atoms with E-state index in [0.29, 0.717) is 5.90 Å². The summed E-state index contributed by atoms with van der Waals surface area (Å²) in [6, 6.07) is 5.57. The van der Waals surface area contributed by atoms with Gasteiger partial charge in [0.15, 0.2) is 0 Å². The van der Waals surface area contributed by atoms with Gasteiger partial charge in [-0.25, -0.2) is 9.79 Å². The molecule has 0 amide bonds. The van der Waals surface area contributed by atoms with Gasteiger partial charge >= 0.3 is 5.97 Å². The highest BCUT2D eigenvalue weighted by Gasteiger charge is 2.18. The summed E-state index contributed by atoms with van der Waals surface area (Å²) in [4.78, 5) is 15.0. The van der Waals surface area contributed by atoms with Crippen LogP contribution in [-0.4, -0.2) is 18.4 Å². The number of aryl methyl sites for hydroxylation is 1. The van der Waals surface area contributed by atoms with Crippen molar-refractivity contribution >= 4 is 23.5 Å². The van der Waals surface area contributed by atoms with Crippen LogP contribution in [0.2, 0.25) is 5.02 Å². The van der Waals surface area contributed by atoms with Crippen LogP contribution in [0.15, 0.2) is 23.2 Å². The predicted molar refractivity (Wildman–Crippen MR) is 62.9 cm³/mol. The number of rotatable bonds is 3. The number of esters is 1. The highest BCUT2D eigenvalue weighted by Crippen LogP contribution is 2.20. The smallest absolute Gasteiger partial charge is 0.334 e. The molecule has 0 atom stereocenters. The van der Waals surface area contributed by atoms with Crippen LogP contribution in [-0.2, 0) is 16.0 Å². The average Bonchev–Trinajstić information content (AvgIpc) is 2.69. The van der Waals surface area contributed by atoms with E-state index in [2.05, 4.69) is 11.9 Å². The molecular weight excluding hydrogens is 226 g/mol. The number of ether oxygens (including phenoxy) is 1. The third-order valence-electron chi connectivity index (χ3n) is 2.37. The Morgan fingerprint density at radius 2 is 2.31 bits per heavy atom. The highest BCUT2D eigenvalue weighted by molar-refractivity contribution is 6.31. The summed E-state index contributed by atoms with van der Waals surface area (Å²) < 4.78 is 4.99. The number of nitrogens with zero attached hydrogens (tertiary/aromatic N) is 1. The van der Waals surface area contributed by atoms with Crippen LogP contribution in [0.1, 0.15) is 24.5 Å². The molecule has 1 aromatic rings. The molecule has 84 valence electrons. The molecule has 0 aromatic heterocycles. The molecule has 0 saturated carbocycles. The lowest BCUT2D eigenvalue weighted by Gasteiger charge is -2.06. The molecule has 0 fully saturated rings. The van der Waals surface area contributed by atoms with Gasteiger partial charge in [-0.05, 0) is 30.2 Å². The first kappa shape index (κ1) is 11.1. The number of carbonyl (C=O) groups excluding carboxylic acids is 1. The first-order chi connectivity index (χ1) is 7.70. The van der Waals surface area contributed by atoms with E-state index in [4.69, 9.17) is 16.3 Å². The minimum atomic E-state index is -0.304. The maximum absolute atomic E-state index is 10.9. The number of aliphatic imine (C=N–C) groups is 1. The van der Waals surface area contributed by atoms with Crippen LogP contribution < -0.4 is 0 Å². The Bertz CT molecular complexity index is 454. The second-order valence-electron chi connectivity index (χ2n) is 3.65. The van der Waals surface area contributed by atoms with E-state index in [-0.39, 0.29) is 12.5 Å². The van der Waals surface area contributed by atoms with Crippen LogP contribution in [0, 0.1) is 0 Å². The molecule has 0 saturated heterocycles. The van der Waals surface area contributed by atoms with Crippen molar-refractivity contribution in [2.24, 2.45) is 4.99 Å². The Morgan fingerprint density at radius 1 is 1.50 bits per heavy atom. The van der Waals surface area contributed by atoms with Crippen molar-refractivity contribution < 1.29 is 9.53 Å². The molecule has 1 aliphatic rings. The number of hydrogen-bond donors (Lipinski definition) is 0. The Labute approximate surface area is 99.1 Å². The van der Waals surface area contributed by atoms with Crippen molar-refractivity contribution in [3.8, 4) is 0 Å². The quantitative estimate of drug-likeness (QED) is 0.758. The van der Waals surface area contributed by atoms with E-state index in [1.54, 1.807) is 0 Å². The molecule has 0 N–H and O–H groups in total. The Hall–Kier alpha value is -1.35. The molecule has 1 heterocycles. The van der Waals surface area contributed by atoms with Crippen molar-refractivity contribution in [2.45, 2.75) is 19.8 Å². The Balaban J connectivity index is 2.29. The fourth-order valence-corrected chi connectivity index (χ4v) is 1.84. The van der Waals surface area contributed by atoms with Crippen LogP contribution in [0.4, 0.5) is 0 Å². The second kappa shape index (κ2) is 4.66. The van der Waals surface area contributed by atoms with E-state index >= 15 is 0 Å². The number of carbonyl (C=O) groups is 1. The molecular formula is C12H12ClNO2. The van der Waals surface area contributed by atoms with Crippen LogP contribution in [0.25, 0.3) is 0 Å². The minimum absolute atomic E-state index is 0.112. The zero-order valence-corrected chi connectivity index (χ0v) is 9.75. The van der Waals surface area contributed by atoms with Gasteiger partial charge in [0.2, 0.25) is 5.90 Å². The summed E-state index contributed by atoms with van der Waals surface area (Å²) in [6.07, 6.45) is 1.93. The Kier molecular flexibility index (Phi) is 3.25. The lowest BCUT2D eigenvalue weighted by molar-refractivity contribution is -0.132. The van der Waals surface area contributed by atoms with Gasteiger partial charge in [0.25, 0.3) is 0 Å². The summed E-state index contributed by atoms with van der Waals surface area (Å²) in [5.74, 6) is 0.0982. The van der Waals surface area contributed by atoms with E-state index in [1.807, 2.05) is 18.2 Å². The monoisotopic (exact) mass is 237 g/mol. The fourth-order valence-electron chi connectivity index (χ4n) is 1.63. The van der Waals surface area contributed by atoms with Gasteiger partial charge < -0.3 is 4.74 Å². The standard InChI is InChI=1S/C12H12ClNO2/c1-2-3-8-6-9(4-5-10(8)13)12-14-7-11(15)16-12/h4-6H,2-3,7H2,1H3. The molecule has 0 spiro atoms. The maximum Gasteiger partial charge on any atom is 0.334 e. The van der Waals surface area contributed by atoms with Crippen molar-refractivity contribution in [2.75, 3.05) is 6.54 Å². The van der Waals surface area contributed by atoms with E-state index in [9.17, 15) is 4.79 Å². The lowest BCUT2D eigenvalue weighted by Crippen LogP contribution is -2.06. The molecule has 3 nitrogen and oxygen atoms in total. The normalized spacial score (nSPS) is 14.9. The third-order valence-corrected chi connectivity index (χ3v) is 2.74. The molecule has 4 heteroatoms. The van der Waals surface area contributed by atoms with Gasteiger partial charge in [0.1, 0.15) is 6.54 Å². The minimum Gasteiger partial charge on any atom is -0.406 e. The van der Waals surface area contributed by atoms with Crippen LogP contribution >= 0.6 is 11.6 Å². The largest absolute Gasteiger partial charge is 0.406 e. The molecule has 0 bridgehead atoms. The summed E-state index contributed by atoms with van der Waals surface area (Å²) in [7, 11) is 0. The van der Waals surface area contributed by atoms with Crippen molar-refractivity contribution in [1.29, 1.82) is 0 Å². The zero-order chi connectivity index (χ0) is 11.5. The number of benzene rings is 1. The molecule has 0 radical (unpaired) electrons. The van der Waals surface area contributed by atoms with E-state index in [1.165, 1.54) is 0 Å². The van der Waals surface area contributed by atoms with Gasteiger partial charge in [-0.15, -0.1) is 0 Å². The molecule has 2 rings (SSSR count). The van der Waals surface area contributed by atoms with Gasteiger partial charge in [0.05, 0.1) is 0 Å². The maximum atomic E-state index is 10.9. The topological polar surface area (TPSA) is 38.7 Å². The van der Waals surface area contributed by atoms with Gasteiger partial charge in [-0.1, -0.05) is 24.9 Å². The predicted octanol–water partition coefficient (Wildman–Crippen LogP) is 2.60. The number of hydrogen-bond acceptors (Lipinski definition) is 3. The zero-order valence-electron chi connectivity index (χ0n) is 9.00. The summed E-state index contributed by atoms with van der Waals surface area (Å²) in [5, 5.41) is 0.746. The van der Waals surface area contributed by atoms with Gasteiger partial charge in [-0.2, -0.15) is 0 Å². The number of cyclic esters (lactones) is 1. The SMILES string of the molecule is CCCc1cc(C2=NCC(=O)O2)ccc1Cl. The van der Waals surface area contributed by atoms with Gasteiger partial charge in [-0.3, -0.25) is 0 Å². The lowest BCUT2D eigenvalue weighted by atomic mass is 10.1. The average molecular weight is 238 g/mol. The van der Waals surface area contributed by atoms with Crippen molar-refractivity contribution in [1.82, 2.24) is 0 Å². The molecule has 16 heavy (non-hydrogen) atoms. The van der Waals surface area contributed by atoms with E-state index < -0.39 is 0 Å². The number of halogens is 1. The molecule has 1 aromatic carbocycles. The first-order valence-corrected chi connectivity index (χ1v) is 5.62. The molecule has 1 aliphatic heterocycles. The fraction of sp³-hybridized carbons (Fsp3) is 0.333.